The van der Waals surface area contributed by atoms with Crippen molar-refractivity contribution in [1.82, 2.24) is 14.8 Å². The number of aromatic nitrogens is 1. The van der Waals surface area contributed by atoms with E-state index in [1.807, 2.05) is 7.05 Å². The van der Waals surface area contributed by atoms with Gasteiger partial charge in [0.25, 0.3) is 17.4 Å². The number of aromatic amines is 1. The Kier molecular flexibility index (Phi) is 3.79. The van der Waals surface area contributed by atoms with E-state index in [0.29, 0.717) is 52.0 Å². The van der Waals surface area contributed by atoms with Crippen molar-refractivity contribution in [3.05, 3.63) is 62.0 Å². The zero-order chi connectivity index (χ0) is 19.6. The average molecular weight is 397 g/mol. The third kappa shape index (κ3) is 2.54. The number of benzene rings is 1. The fourth-order valence-electron chi connectivity index (χ4n) is 4.22. The maximum absolute atomic E-state index is 12.8. The van der Waals surface area contributed by atoms with Crippen LogP contribution < -0.4 is 5.56 Å². The van der Waals surface area contributed by atoms with Crippen LogP contribution in [0.2, 0.25) is 5.02 Å². The van der Waals surface area contributed by atoms with Gasteiger partial charge in [0.05, 0.1) is 33.1 Å². The number of H-pyrrole nitrogens is 1. The van der Waals surface area contributed by atoms with Crippen LogP contribution in [-0.4, -0.2) is 59.0 Å². The highest BCUT2D eigenvalue weighted by molar-refractivity contribution is 6.34. The molecule has 0 bridgehead atoms. The summed E-state index contributed by atoms with van der Waals surface area (Å²) in [5.74, 6) is -0.186. The molecule has 0 unspecified atom stereocenters. The second kappa shape index (κ2) is 6.12. The van der Waals surface area contributed by atoms with Crippen molar-refractivity contribution in [3.63, 3.8) is 0 Å². The number of fused-ring (bicyclic) bond motifs is 2. The van der Waals surface area contributed by atoms with Gasteiger partial charge < -0.3 is 9.88 Å². The lowest BCUT2D eigenvalue weighted by atomic mass is 10.0. The van der Waals surface area contributed by atoms with Crippen LogP contribution in [0.1, 0.15) is 31.8 Å². The molecule has 1 aromatic heterocycles. The molecule has 28 heavy (non-hydrogen) atoms. The minimum atomic E-state index is -0.310. The lowest BCUT2D eigenvalue weighted by Gasteiger charge is -2.37. The summed E-state index contributed by atoms with van der Waals surface area (Å²) < 4.78 is 0. The molecule has 1 N–H and O–H groups in total. The summed E-state index contributed by atoms with van der Waals surface area (Å²) in [6.07, 6.45) is 1.88. The van der Waals surface area contributed by atoms with Gasteiger partial charge in [0.2, 0.25) is 0 Å². The third-order valence-corrected chi connectivity index (χ3v) is 5.88. The Labute approximate surface area is 165 Å². The van der Waals surface area contributed by atoms with Gasteiger partial charge in [0.1, 0.15) is 0 Å². The van der Waals surface area contributed by atoms with Crippen LogP contribution >= 0.6 is 11.6 Å². The van der Waals surface area contributed by atoms with Crippen molar-refractivity contribution in [2.75, 3.05) is 26.7 Å². The lowest BCUT2D eigenvalue weighted by Crippen LogP contribution is -2.50. The monoisotopic (exact) mass is 396 g/mol. The Bertz CT molecular complexity index is 1130. The van der Waals surface area contributed by atoms with Crippen molar-refractivity contribution in [2.45, 2.75) is 6.42 Å². The molecular weight excluding hydrogens is 380 g/mol. The molecule has 0 atom stereocenters. The number of imide groups is 1. The number of pyridine rings is 1. The molecule has 7 nitrogen and oxygen atoms in total. The summed E-state index contributed by atoms with van der Waals surface area (Å²) in [6, 6.07) is 5.00. The van der Waals surface area contributed by atoms with Gasteiger partial charge in [-0.1, -0.05) is 11.6 Å². The van der Waals surface area contributed by atoms with Crippen molar-refractivity contribution in [1.29, 1.82) is 0 Å². The van der Waals surface area contributed by atoms with Crippen LogP contribution in [0.3, 0.4) is 0 Å². The van der Waals surface area contributed by atoms with Crippen LogP contribution in [-0.2, 0) is 6.42 Å². The number of nitrogens with zero attached hydrogens (tertiary/aromatic N) is 3. The molecule has 0 spiro atoms. The number of amides is 2. The number of carbonyl (C=O) groups is 2. The molecule has 2 amide bonds. The highest BCUT2D eigenvalue weighted by Crippen LogP contribution is 2.36. The van der Waals surface area contributed by atoms with Gasteiger partial charge in [-0.2, -0.15) is 0 Å². The minimum Gasteiger partial charge on any atom is -0.328 e. The van der Waals surface area contributed by atoms with E-state index in [0.717, 1.165) is 18.7 Å². The molecule has 8 heteroatoms. The molecule has 0 saturated carbocycles. The fraction of sp³-hybridized carbons (Fsp3) is 0.300. The zero-order valence-electron chi connectivity index (χ0n) is 15.2. The second-order valence-corrected chi connectivity index (χ2v) is 8.01. The van der Waals surface area contributed by atoms with E-state index in [1.165, 1.54) is 11.1 Å². The Hall–Kier alpha value is -2.77. The van der Waals surface area contributed by atoms with Crippen molar-refractivity contribution < 1.29 is 9.59 Å². The van der Waals surface area contributed by atoms with E-state index in [2.05, 4.69) is 14.9 Å². The fourth-order valence-corrected chi connectivity index (χ4v) is 4.47. The molecule has 1 aromatic carbocycles. The first-order valence-electron chi connectivity index (χ1n) is 9.09. The minimum absolute atomic E-state index is 0.249. The van der Waals surface area contributed by atoms with E-state index in [9.17, 15) is 14.4 Å². The van der Waals surface area contributed by atoms with Gasteiger partial charge in [-0.15, -0.1) is 0 Å². The van der Waals surface area contributed by atoms with E-state index >= 15 is 0 Å². The van der Waals surface area contributed by atoms with Gasteiger partial charge in [-0.25, -0.2) is 0 Å². The van der Waals surface area contributed by atoms with Crippen molar-refractivity contribution >= 4 is 34.8 Å². The van der Waals surface area contributed by atoms with Crippen LogP contribution in [0.4, 0.5) is 5.69 Å². The second-order valence-electron chi connectivity index (χ2n) is 7.60. The summed E-state index contributed by atoms with van der Waals surface area (Å²) >= 11 is 6.18. The molecule has 2 aromatic rings. The predicted molar refractivity (Wildman–Crippen MR) is 105 cm³/mol. The van der Waals surface area contributed by atoms with Gasteiger partial charge in [0.15, 0.2) is 0 Å². The molecule has 1 saturated heterocycles. The first-order chi connectivity index (χ1) is 13.4. The summed E-state index contributed by atoms with van der Waals surface area (Å²) in [5, 5.41) is 0.326. The lowest BCUT2D eigenvalue weighted by molar-refractivity contribution is 0.0519. The highest BCUT2D eigenvalue weighted by atomic mass is 35.5. The molecular formula is C20H17ClN4O3. The average Bonchev–Trinajstić information content (AvgIpc) is 3.13. The molecule has 0 radical (unpaired) electrons. The molecule has 4 heterocycles. The number of aliphatic imine (C=N–C) groups is 1. The first-order valence-corrected chi connectivity index (χ1v) is 9.47. The Morgan fingerprint density at radius 3 is 2.57 bits per heavy atom. The SMILES string of the molecule is CN1CC(CN2C(=O)c3cc4c(cc3C2=O)N=C(c2c(Cl)cc[nH]c2=O)C4)C1. The van der Waals surface area contributed by atoms with Crippen LogP contribution in [0.5, 0.6) is 0 Å². The van der Waals surface area contributed by atoms with Gasteiger partial charge in [-0.05, 0) is 30.8 Å². The number of nitrogens with one attached hydrogen (secondary N) is 1. The molecule has 3 aliphatic rings. The number of likely N-dealkylation sites (tertiary alicyclic amines) is 1. The quantitative estimate of drug-likeness (QED) is 0.802. The van der Waals surface area contributed by atoms with E-state index in [1.54, 1.807) is 18.2 Å². The van der Waals surface area contributed by atoms with Crippen molar-refractivity contribution in [3.8, 4) is 0 Å². The zero-order valence-corrected chi connectivity index (χ0v) is 15.9. The Morgan fingerprint density at radius 1 is 1.18 bits per heavy atom. The first kappa shape index (κ1) is 17.3. The highest BCUT2D eigenvalue weighted by Gasteiger charge is 2.40. The number of halogens is 1. The Balaban J connectivity index is 1.47. The standard InChI is InChI=1S/C20H17ClN4O3/c1-24-7-10(8-24)9-25-19(27)12-4-11-5-16(17-14(21)2-3-22-18(17)26)23-15(11)6-13(12)20(25)28/h2-4,6,10H,5,7-9H2,1H3,(H,22,26). The molecule has 5 rings (SSSR count). The van der Waals surface area contributed by atoms with Gasteiger partial charge in [0, 0.05) is 38.2 Å². The van der Waals surface area contributed by atoms with Gasteiger partial charge >= 0.3 is 0 Å². The predicted octanol–water partition coefficient (Wildman–Crippen LogP) is 1.86. The number of carbonyl (C=O) groups excluding carboxylic acids is 2. The molecule has 0 aliphatic carbocycles. The smallest absolute Gasteiger partial charge is 0.261 e. The largest absolute Gasteiger partial charge is 0.328 e. The number of rotatable bonds is 3. The van der Waals surface area contributed by atoms with Crippen molar-refractivity contribution in [2.24, 2.45) is 10.9 Å². The maximum atomic E-state index is 12.8. The normalized spacial score (nSPS) is 18.9. The Morgan fingerprint density at radius 2 is 1.89 bits per heavy atom. The van der Waals surface area contributed by atoms with Crippen LogP contribution in [0.25, 0.3) is 0 Å². The van der Waals surface area contributed by atoms with Gasteiger partial charge in [-0.3, -0.25) is 24.3 Å². The van der Waals surface area contributed by atoms with E-state index in [-0.39, 0.29) is 17.4 Å². The third-order valence-electron chi connectivity index (χ3n) is 5.56. The van der Waals surface area contributed by atoms with E-state index < -0.39 is 0 Å². The molecule has 3 aliphatic heterocycles. The molecule has 1 fully saturated rings. The summed E-state index contributed by atoms with van der Waals surface area (Å²) in [5.41, 5.74) is 2.79. The molecule has 142 valence electrons. The number of hydrogen-bond donors (Lipinski definition) is 1. The summed E-state index contributed by atoms with van der Waals surface area (Å²) in [6.45, 7) is 2.23. The van der Waals surface area contributed by atoms with Crippen LogP contribution in [0.15, 0.2) is 34.2 Å². The summed E-state index contributed by atoms with van der Waals surface area (Å²) in [4.78, 5) is 48.4. The maximum Gasteiger partial charge on any atom is 0.261 e. The summed E-state index contributed by atoms with van der Waals surface area (Å²) in [7, 11) is 2.02. The topological polar surface area (TPSA) is 85.8 Å². The number of hydrogen-bond acceptors (Lipinski definition) is 5. The van der Waals surface area contributed by atoms with Crippen LogP contribution in [0, 0.1) is 5.92 Å². The van der Waals surface area contributed by atoms with E-state index in [4.69, 9.17) is 11.6 Å².